The molecule has 0 aromatic carbocycles. The van der Waals surface area contributed by atoms with Gasteiger partial charge in [0.1, 0.15) is 12.4 Å². The molecular formula is C54H78N4O5. The van der Waals surface area contributed by atoms with Gasteiger partial charge in [0.25, 0.3) is 0 Å². The van der Waals surface area contributed by atoms with Gasteiger partial charge in [-0.15, -0.1) is 0 Å². The van der Waals surface area contributed by atoms with Crippen LogP contribution in [-0.4, -0.2) is 57.2 Å². The van der Waals surface area contributed by atoms with Gasteiger partial charge in [-0.25, -0.2) is 0 Å². The molecule has 3 aromatic heterocycles. The van der Waals surface area contributed by atoms with Crippen LogP contribution in [-0.2, 0) is 20.7 Å². The Morgan fingerprint density at radius 1 is 0.873 bits per heavy atom. The molecule has 9 heteroatoms. The fraction of sp³-hybridized carbons (Fsp3) is 0.574. The number of nitrogens with one attached hydrogen (secondary N) is 4. The standard InChI is InChI=1S/C54H78N4O5/c1-12-15-16-19-31(4)20-17-21-32(5)22-18-23-33(6)26-27-63-47(59)25-24-40-36(9)43-28-41-34(7)38(13-2)45(55-41)29-42-35(8)39(14-3)46(56-42)30-44-37(10)48-52(58-44)49(51(40)57-43)50(53(48)60)54(61)62-11/h13,26,28-32,36,40,50-51,54-58,60-61H,2,12,14-25,27H2,1,3-11H3/b33-26+,42-29-,43-28-,46-30-/t31-,32-,36+,40+,50-,51?,54?/m1/s1. The molecule has 1 saturated heterocycles. The van der Waals surface area contributed by atoms with Gasteiger partial charge in [0, 0.05) is 63.7 Å². The molecule has 1 fully saturated rings. The number of carbonyl (C=O) groups is 1. The molecule has 1 aliphatic carbocycles. The third kappa shape index (κ3) is 10.6. The predicted octanol–water partition coefficient (Wildman–Crippen LogP) is 8.91. The highest BCUT2D eigenvalue weighted by Crippen LogP contribution is 2.43. The monoisotopic (exact) mass is 863 g/mol. The lowest BCUT2D eigenvalue weighted by Gasteiger charge is -2.29. The first-order valence-electron chi connectivity index (χ1n) is 24.1. The van der Waals surface area contributed by atoms with E-state index in [0.29, 0.717) is 11.6 Å². The number of hydrogen-bond donors (Lipinski definition) is 6. The zero-order valence-electron chi connectivity index (χ0n) is 40.2. The van der Waals surface area contributed by atoms with E-state index in [1.165, 1.54) is 75.2 Å². The molecule has 8 bridgehead atoms. The number of fused-ring (bicyclic) bond motifs is 8. The predicted molar refractivity (Wildman–Crippen MR) is 259 cm³/mol. The molecule has 9 nitrogen and oxygen atoms in total. The molecule has 2 aliphatic heterocycles. The second kappa shape index (κ2) is 21.5. The molecule has 0 spiro atoms. The number of esters is 1. The van der Waals surface area contributed by atoms with Gasteiger partial charge in [0.2, 0.25) is 0 Å². The van der Waals surface area contributed by atoms with E-state index in [1.807, 2.05) is 13.0 Å². The molecule has 3 aromatic rings. The number of aliphatic hydroxyl groups is 2. The highest BCUT2D eigenvalue weighted by molar-refractivity contribution is 5.76. The molecule has 0 saturated carbocycles. The summed E-state index contributed by atoms with van der Waals surface area (Å²) in [4.78, 5) is 24.6. The van der Waals surface area contributed by atoms with E-state index >= 15 is 0 Å². The number of ether oxygens (including phenoxy) is 2. The summed E-state index contributed by atoms with van der Waals surface area (Å²) in [5.74, 6) is 0.564. The number of hydrogen-bond acceptors (Lipinski definition) is 6. The van der Waals surface area contributed by atoms with E-state index in [4.69, 9.17) is 9.47 Å². The van der Waals surface area contributed by atoms with Crippen molar-refractivity contribution < 1.29 is 24.5 Å². The Morgan fingerprint density at radius 3 is 2.24 bits per heavy atom. The largest absolute Gasteiger partial charge is 0.511 e. The number of aromatic nitrogens is 3. The minimum atomic E-state index is -1.28. The van der Waals surface area contributed by atoms with Crippen molar-refractivity contribution in [3.63, 3.8) is 0 Å². The first-order valence-corrected chi connectivity index (χ1v) is 24.1. The third-order valence-electron chi connectivity index (χ3n) is 14.8. The number of rotatable bonds is 21. The summed E-state index contributed by atoms with van der Waals surface area (Å²) >= 11 is 0. The van der Waals surface area contributed by atoms with Crippen LogP contribution in [0.2, 0.25) is 0 Å². The summed E-state index contributed by atoms with van der Waals surface area (Å²) in [5.41, 5.74) is 11.4. The van der Waals surface area contributed by atoms with Crippen LogP contribution in [0.5, 0.6) is 0 Å². The number of aliphatic hydroxyl groups excluding tert-OH is 2. The van der Waals surface area contributed by atoms with E-state index in [-0.39, 0.29) is 42.6 Å². The van der Waals surface area contributed by atoms with Crippen LogP contribution in [0.25, 0.3) is 35.6 Å². The smallest absolute Gasteiger partial charge is 0.306 e. The van der Waals surface area contributed by atoms with Gasteiger partial charge in [-0.05, 0) is 123 Å². The molecule has 0 amide bonds. The molecule has 5 heterocycles. The fourth-order valence-electron chi connectivity index (χ4n) is 10.7. The van der Waals surface area contributed by atoms with Crippen LogP contribution >= 0.6 is 0 Å². The molecule has 6 N–H and O–H groups in total. The Labute approximate surface area is 376 Å². The summed E-state index contributed by atoms with van der Waals surface area (Å²) in [6.45, 7) is 24.3. The minimum absolute atomic E-state index is 0.000504. The molecule has 344 valence electrons. The van der Waals surface area contributed by atoms with Gasteiger partial charge < -0.3 is 40.0 Å². The van der Waals surface area contributed by atoms with Crippen LogP contribution < -0.4 is 26.6 Å². The van der Waals surface area contributed by atoms with Crippen LogP contribution in [0.15, 0.2) is 23.9 Å². The molecule has 2 unspecified atom stereocenters. The zero-order valence-corrected chi connectivity index (χ0v) is 40.2. The minimum Gasteiger partial charge on any atom is -0.511 e. The first-order chi connectivity index (χ1) is 30.2. The van der Waals surface area contributed by atoms with Crippen LogP contribution in [0.3, 0.4) is 0 Å². The summed E-state index contributed by atoms with van der Waals surface area (Å²) in [5, 5.41) is 30.8. The van der Waals surface area contributed by atoms with E-state index < -0.39 is 12.2 Å². The number of H-pyrrole nitrogens is 3. The number of aromatic amines is 3. The molecule has 63 heavy (non-hydrogen) atoms. The maximum Gasteiger partial charge on any atom is 0.306 e. The Hall–Kier alpha value is -4.47. The average molecular weight is 863 g/mol. The lowest BCUT2D eigenvalue weighted by molar-refractivity contribution is -0.142. The van der Waals surface area contributed by atoms with Crippen molar-refractivity contribution in [2.75, 3.05) is 13.7 Å². The Morgan fingerprint density at radius 2 is 1.56 bits per heavy atom. The second-order valence-electron chi connectivity index (χ2n) is 19.2. The van der Waals surface area contributed by atoms with Gasteiger partial charge in [-0.3, -0.25) is 4.79 Å². The number of allylic oxidation sites excluding steroid dienone is 2. The van der Waals surface area contributed by atoms with E-state index in [1.54, 1.807) is 0 Å². The van der Waals surface area contributed by atoms with Crippen molar-refractivity contribution in [2.45, 2.75) is 158 Å². The van der Waals surface area contributed by atoms with E-state index in [9.17, 15) is 15.0 Å². The van der Waals surface area contributed by atoms with Crippen molar-refractivity contribution in [2.24, 2.45) is 29.6 Å². The fourth-order valence-corrected chi connectivity index (χ4v) is 10.7. The number of unbranched alkanes of at least 4 members (excludes halogenated alkanes) is 2. The molecule has 6 rings (SSSR count). The molecule has 0 radical (unpaired) electrons. The van der Waals surface area contributed by atoms with Crippen LogP contribution in [0.4, 0.5) is 0 Å². The number of methoxy groups -OCH3 is 1. The lowest BCUT2D eigenvalue weighted by Crippen LogP contribution is -2.39. The van der Waals surface area contributed by atoms with Crippen molar-refractivity contribution >= 4 is 41.6 Å². The average Bonchev–Trinajstić information content (AvgIpc) is 4.00. The maximum atomic E-state index is 13.5. The topological polar surface area (TPSA) is 135 Å². The highest BCUT2D eigenvalue weighted by Gasteiger charge is 2.46. The Bertz CT molecular complexity index is 2420. The van der Waals surface area contributed by atoms with Crippen molar-refractivity contribution in [3.05, 3.63) is 90.1 Å². The molecule has 7 atom stereocenters. The molecule has 3 aliphatic rings. The quantitative estimate of drug-likeness (QED) is 0.0274. The van der Waals surface area contributed by atoms with Crippen LogP contribution in [0, 0.1) is 50.4 Å². The van der Waals surface area contributed by atoms with E-state index in [0.717, 1.165) is 92.2 Å². The third-order valence-corrected chi connectivity index (χ3v) is 14.8. The van der Waals surface area contributed by atoms with Crippen LogP contribution in [0.1, 0.15) is 163 Å². The zero-order chi connectivity index (χ0) is 45.5. The van der Waals surface area contributed by atoms with Gasteiger partial charge in [-0.1, -0.05) is 104 Å². The van der Waals surface area contributed by atoms with Crippen molar-refractivity contribution in [3.8, 4) is 0 Å². The number of carbonyl (C=O) groups excluding carboxylic acids is 1. The normalized spacial score (nSPS) is 22.7. The summed E-state index contributed by atoms with van der Waals surface area (Å²) in [6.07, 6.45) is 23.6. The summed E-state index contributed by atoms with van der Waals surface area (Å²) in [6, 6.07) is -0.333. The summed E-state index contributed by atoms with van der Waals surface area (Å²) < 4.78 is 11.4. The van der Waals surface area contributed by atoms with Gasteiger partial charge in [0.15, 0.2) is 6.29 Å². The van der Waals surface area contributed by atoms with Gasteiger partial charge >= 0.3 is 5.97 Å². The van der Waals surface area contributed by atoms with Crippen molar-refractivity contribution in [1.29, 1.82) is 0 Å². The lowest BCUT2D eigenvalue weighted by atomic mass is 9.80. The first kappa shape index (κ1) is 48.0. The Kier molecular flexibility index (Phi) is 16.4. The maximum absolute atomic E-state index is 13.5. The van der Waals surface area contributed by atoms with Gasteiger partial charge in [0.05, 0.1) is 17.3 Å². The summed E-state index contributed by atoms with van der Waals surface area (Å²) in [7, 11) is 1.46. The highest BCUT2D eigenvalue weighted by atomic mass is 16.6. The van der Waals surface area contributed by atoms with Gasteiger partial charge in [-0.2, -0.15) is 0 Å². The Balaban J connectivity index is 1.23. The second-order valence-corrected chi connectivity index (χ2v) is 19.2. The van der Waals surface area contributed by atoms with Crippen molar-refractivity contribution in [1.82, 2.24) is 20.3 Å². The molecular weight excluding hydrogens is 785 g/mol. The SMILES string of the molecule is C=Cc1c2[nH]c(c1C)/C=C1\NC(C3=c4[nH]c(c(C)c4=C(O)[C@@H]3C(O)OC)/C=c3\[nH]/c(c(C)c3CC)=C\2)[C@@H](CCC(=O)OC/C=C(\C)CCC[C@H](C)CCC[C@H](C)CCCCC)[C@@H]1C. The van der Waals surface area contributed by atoms with E-state index in [2.05, 4.69) is 107 Å².